The predicted octanol–water partition coefficient (Wildman–Crippen LogP) is 3.09. The Morgan fingerprint density at radius 3 is 2.50 bits per heavy atom. The quantitative estimate of drug-likeness (QED) is 0.821. The lowest BCUT2D eigenvalue weighted by Gasteiger charge is -2.10. The molecule has 0 aliphatic carbocycles. The lowest BCUT2D eigenvalue weighted by Crippen LogP contribution is -2.27. The number of anilines is 1. The number of hydrogen-bond acceptors (Lipinski definition) is 3. The number of rotatable bonds is 7. The van der Waals surface area contributed by atoms with Gasteiger partial charge >= 0.3 is 0 Å². The highest BCUT2D eigenvalue weighted by molar-refractivity contribution is 5.97. The summed E-state index contributed by atoms with van der Waals surface area (Å²) in [4.78, 5) is 24.0. The Morgan fingerprint density at radius 2 is 1.79 bits per heavy atom. The Balaban J connectivity index is 1.89. The lowest BCUT2D eigenvalue weighted by molar-refractivity contribution is -0.118. The minimum atomic E-state index is -0.279. The number of nitrogens with one attached hydrogen (secondary N) is 2. The van der Waals surface area contributed by atoms with Crippen LogP contribution in [-0.4, -0.2) is 25.0 Å². The van der Waals surface area contributed by atoms with Crippen molar-refractivity contribution in [2.45, 2.75) is 13.8 Å². The monoisotopic (exact) mass is 326 g/mol. The highest BCUT2D eigenvalue weighted by Crippen LogP contribution is 2.12. The molecule has 0 aliphatic rings. The van der Waals surface area contributed by atoms with Gasteiger partial charge in [0.15, 0.2) is 6.61 Å². The molecule has 2 aromatic rings. The van der Waals surface area contributed by atoms with Crippen molar-refractivity contribution in [3.63, 3.8) is 0 Å². The van der Waals surface area contributed by atoms with Crippen LogP contribution in [0, 0.1) is 5.92 Å². The minimum absolute atomic E-state index is 0.0895. The van der Waals surface area contributed by atoms with E-state index < -0.39 is 0 Å². The minimum Gasteiger partial charge on any atom is -0.484 e. The van der Waals surface area contributed by atoms with Crippen molar-refractivity contribution in [2.24, 2.45) is 5.92 Å². The van der Waals surface area contributed by atoms with E-state index in [0.717, 1.165) is 0 Å². The van der Waals surface area contributed by atoms with Crippen LogP contribution in [0.1, 0.15) is 24.2 Å². The van der Waals surface area contributed by atoms with Crippen LogP contribution >= 0.6 is 0 Å². The summed E-state index contributed by atoms with van der Waals surface area (Å²) in [5.74, 6) is 0.584. The van der Waals surface area contributed by atoms with Crippen molar-refractivity contribution in [3.05, 3.63) is 60.2 Å². The number of ether oxygens (including phenoxy) is 1. The van der Waals surface area contributed by atoms with Gasteiger partial charge in [-0.05, 0) is 36.2 Å². The van der Waals surface area contributed by atoms with Gasteiger partial charge in [-0.3, -0.25) is 9.59 Å². The standard InChI is InChI=1S/C19H22N2O3/c1-14(2)12-20-19(23)15-7-6-8-16(11-15)21-18(22)13-24-17-9-4-3-5-10-17/h3-11,14H,12-13H2,1-2H3,(H,20,23)(H,21,22). The summed E-state index contributed by atoms with van der Waals surface area (Å²) >= 11 is 0. The number of carbonyl (C=O) groups is 2. The van der Waals surface area contributed by atoms with Crippen molar-refractivity contribution in [2.75, 3.05) is 18.5 Å². The van der Waals surface area contributed by atoms with E-state index in [9.17, 15) is 9.59 Å². The first kappa shape index (κ1) is 17.5. The second-order valence-electron chi connectivity index (χ2n) is 5.83. The third-order valence-corrected chi connectivity index (χ3v) is 3.19. The summed E-state index contributed by atoms with van der Waals surface area (Å²) in [6.45, 7) is 4.58. The second-order valence-corrected chi connectivity index (χ2v) is 5.83. The van der Waals surface area contributed by atoms with E-state index in [2.05, 4.69) is 10.6 Å². The molecule has 0 unspecified atom stereocenters. The van der Waals surface area contributed by atoms with Gasteiger partial charge in [0.2, 0.25) is 0 Å². The largest absolute Gasteiger partial charge is 0.484 e. The maximum Gasteiger partial charge on any atom is 0.262 e. The molecule has 2 amide bonds. The van der Waals surface area contributed by atoms with Crippen molar-refractivity contribution in [1.29, 1.82) is 0 Å². The second kappa shape index (κ2) is 8.72. The summed E-state index contributed by atoms with van der Waals surface area (Å²) in [6.07, 6.45) is 0. The van der Waals surface area contributed by atoms with E-state index >= 15 is 0 Å². The first-order chi connectivity index (χ1) is 11.5. The fourth-order valence-corrected chi connectivity index (χ4v) is 2.00. The summed E-state index contributed by atoms with van der Waals surface area (Å²) in [7, 11) is 0. The molecule has 0 aromatic heterocycles. The Bertz CT molecular complexity index is 684. The normalized spacial score (nSPS) is 10.3. The Hall–Kier alpha value is -2.82. The van der Waals surface area contributed by atoms with Crippen molar-refractivity contribution < 1.29 is 14.3 Å². The van der Waals surface area contributed by atoms with Gasteiger partial charge in [0.1, 0.15) is 5.75 Å². The van der Waals surface area contributed by atoms with Crippen molar-refractivity contribution >= 4 is 17.5 Å². The number of amides is 2. The van der Waals surface area contributed by atoms with Crippen LogP contribution in [0.5, 0.6) is 5.75 Å². The SMILES string of the molecule is CC(C)CNC(=O)c1cccc(NC(=O)COc2ccccc2)c1. The molecule has 5 heteroatoms. The van der Waals surface area contributed by atoms with E-state index in [-0.39, 0.29) is 18.4 Å². The fourth-order valence-electron chi connectivity index (χ4n) is 2.00. The van der Waals surface area contributed by atoms with Crippen LogP contribution in [-0.2, 0) is 4.79 Å². The fraction of sp³-hybridized carbons (Fsp3) is 0.263. The molecule has 0 aliphatic heterocycles. The molecule has 0 heterocycles. The Kier molecular flexibility index (Phi) is 6.37. The van der Waals surface area contributed by atoms with Gasteiger partial charge in [-0.2, -0.15) is 0 Å². The van der Waals surface area contributed by atoms with Gasteiger partial charge in [0, 0.05) is 17.8 Å². The van der Waals surface area contributed by atoms with Crippen molar-refractivity contribution in [1.82, 2.24) is 5.32 Å². The summed E-state index contributed by atoms with van der Waals surface area (Å²) < 4.78 is 5.39. The maximum atomic E-state index is 12.0. The van der Waals surface area contributed by atoms with Gasteiger partial charge in [0.05, 0.1) is 0 Å². The smallest absolute Gasteiger partial charge is 0.262 e. The number of hydrogen-bond donors (Lipinski definition) is 2. The van der Waals surface area contributed by atoms with E-state index in [1.165, 1.54) is 0 Å². The average molecular weight is 326 g/mol. The number of benzene rings is 2. The maximum absolute atomic E-state index is 12.0. The molecule has 5 nitrogen and oxygen atoms in total. The molecule has 0 fully saturated rings. The zero-order chi connectivity index (χ0) is 17.4. The zero-order valence-corrected chi connectivity index (χ0v) is 13.9. The van der Waals surface area contributed by atoms with Crippen LogP contribution in [0.25, 0.3) is 0 Å². The van der Waals surface area contributed by atoms with E-state index in [1.807, 2.05) is 32.0 Å². The highest BCUT2D eigenvalue weighted by Gasteiger charge is 2.08. The van der Waals surface area contributed by atoms with E-state index in [1.54, 1.807) is 36.4 Å². The third-order valence-electron chi connectivity index (χ3n) is 3.19. The van der Waals surface area contributed by atoms with Crippen LogP contribution in [0.3, 0.4) is 0 Å². The molecule has 0 saturated carbocycles. The summed E-state index contributed by atoms with van der Waals surface area (Å²) in [6, 6.07) is 16.0. The third kappa shape index (κ3) is 5.76. The van der Waals surface area contributed by atoms with E-state index in [4.69, 9.17) is 4.74 Å². The molecule has 0 bridgehead atoms. The molecule has 0 radical (unpaired) electrons. The topological polar surface area (TPSA) is 67.4 Å². The lowest BCUT2D eigenvalue weighted by atomic mass is 10.1. The molecular weight excluding hydrogens is 304 g/mol. The molecule has 2 N–H and O–H groups in total. The van der Waals surface area contributed by atoms with E-state index in [0.29, 0.717) is 29.5 Å². The highest BCUT2D eigenvalue weighted by atomic mass is 16.5. The van der Waals surface area contributed by atoms with Crippen LogP contribution < -0.4 is 15.4 Å². The Morgan fingerprint density at radius 1 is 1.04 bits per heavy atom. The molecule has 0 saturated heterocycles. The molecule has 2 aromatic carbocycles. The number of para-hydroxylation sites is 1. The van der Waals surface area contributed by atoms with Gasteiger partial charge in [-0.1, -0.05) is 38.1 Å². The molecular formula is C19H22N2O3. The van der Waals surface area contributed by atoms with Gasteiger partial charge in [-0.25, -0.2) is 0 Å². The Labute approximate surface area is 142 Å². The van der Waals surface area contributed by atoms with Gasteiger partial charge in [-0.15, -0.1) is 0 Å². The summed E-state index contributed by atoms with van der Waals surface area (Å²) in [5, 5.41) is 5.58. The van der Waals surface area contributed by atoms with Crippen molar-refractivity contribution in [3.8, 4) is 5.75 Å². The molecule has 2 rings (SSSR count). The predicted molar refractivity (Wildman–Crippen MR) is 94.2 cm³/mol. The molecule has 0 atom stereocenters. The zero-order valence-electron chi connectivity index (χ0n) is 13.9. The van der Waals surface area contributed by atoms with Gasteiger partial charge in [0.25, 0.3) is 11.8 Å². The molecule has 0 spiro atoms. The molecule has 24 heavy (non-hydrogen) atoms. The van der Waals surface area contributed by atoms with Gasteiger partial charge < -0.3 is 15.4 Å². The first-order valence-electron chi connectivity index (χ1n) is 7.90. The van der Waals surface area contributed by atoms with Crippen LogP contribution in [0.2, 0.25) is 0 Å². The van der Waals surface area contributed by atoms with Crippen LogP contribution in [0.4, 0.5) is 5.69 Å². The molecule has 126 valence electrons. The first-order valence-corrected chi connectivity index (χ1v) is 7.90. The number of carbonyl (C=O) groups excluding carboxylic acids is 2. The summed E-state index contributed by atoms with van der Waals surface area (Å²) in [5.41, 5.74) is 1.08. The van der Waals surface area contributed by atoms with Crippen LogP contribution in [0.15, 0.2) is 54.6 Å². The average Bonchev–Trinajstić information content (AvgIpc) is 2.59.